The van der Waals surface area contributed by atoms with Crippen LogP contribution in [0.25, 0.3) is 0 Å². The van der Waals surface area contributed by atoms with Gasteiger partial charge < -0.3 is 10.5 Å². The second-order valence-electron chi connectivity index (χ2n) is 5.44. The molecule has 2 nitrogen and oxygen atoms in total. The number of nitrogens with two attached hydrogens (primary N) is 1. The summed E-state index contributed by atoms with van der Waals surface area (Å²) < 4.78 is 19.3. The van der Waals surface area contributed by atoms with Crippen LogP contribution in [0.15, 0.2) is 30.3 Å². The average Bonchev–Trinajstić information content (AvgIpc) is 2.43. The Labute approximate surface area is 129 Å². The van der Waals surface area contributed by atoms with E-state index in [4.69, 9.17) is 22.1 Å². The van der Waals surface area contributed by atoms with E-state index in [1.165, 1.54) is 12.1 Å². The van der Waals surface area contributed by atoms with E-state index in [1.807, 2.05) is 19.1 Å². The van der Waals surface area contributed by atoms with Crippen molar-refractivity contribution in [2.45, 2.75) is 33.3 Å². The number of halogens is 2. The fourth-order valence-corrected chi connectivity index (χ4v) is 2.20. The lowest BCUT2D eigenvalue weighted by Crippen LogP contribution is -2.02. The molecule has 2 N–H and O–H groups in total. The molecule has 0 spiro atoms. The molecule has 0 aliphatic carbocycles. The van der Waals surface area contributed by atoms with Crippen molar-refractivity contribution in [3.05, 3.63) is 57.9 Å². The highest BCUT2D eigenvalue weighted by Crippen LogP contribution is 2.31. The lowest BCUT2D eigenvalue weighted by Gasteiger charge is -2.16. The maximum absolute atomic E-state index is 13.4. The van der Waals surface area contributed by atoms with Crippen molar-refractivity contribution in [2.75, 3.05) is 5.73 Å². The molecule has 0 bridgehead atoms. The summed E-state index contributed by atoms with van der Waals surface area (Å²) in [6.45, 7) is 6.39. The Balaban J connectivity index is 2.22. The van der Waals surface area contributed by atoms with Gasteiger partial charge in [-0.1, -0.05) is 31.5 Å². The molecule has 0 fully saturated rings. The zero-order valence-corrected chi connectivity index (χ0v) is 13.2. The number of ether oxygens (including phenoxy) is 1. The van der Waals surface area contributed by atoms with Crippen molar-refractivity contribution in [2.24, 2.45) is 0 Å². The molecule has 2 aromatic carbocycles. The van der Waals surface area contributed by atoms with Crippen LogP contribution in [0.4, 0.5) is 10.1 Å². The highest BCUT2D eigenvalue weighted by molar-refractivity contribution is 6.30. The fourth-order valence-electron chi connectivity index (χ4n) is 2.08. The van der Waals surface area contributed by atoms with E-state index in [2.05, 4.69) is 13.8 Å². The van der Waals surface area contributed by atoms with E-state index < -0.39 is 5.82 Å². The van der Waals surface area contributed by atoms with Crippen LogP contribution in [0.3, 0.4) is 0 Å². The molecule has 2 aromatic rings. The monoisotopic (exact) mass is 307 g/mol. The Bertz CT molecular complexity index is 655. The Morgan fingerprint density at radius 2 is 1.95 bits per heavy atom. The minimum atomic E-state index is -0.435. The number of rotatable bonds is 4. The van der Waals surface area contributed by atoms with E-state index >= 15 is 0 Å². The Hall–Kier alpha value is -1.74. The third-order valence-corrected chi connectivity index (χ3v) is 3.71. The highest BCUT2D eigenvalue weighted by Gasteiger charge is 2.11. The van der Waals surface area contributed by atoms with Crippen LogP contribution in [-0.4, -0.2) is 0 Å². The molecule has 0 aromatic heterocycles. The number of nitrogen functional groups attached to an aromatic ring is 1. The van der Waals surface area contributed by atoms with Crippen LogP contribution in [0.5, 0.6) is 5.75 Å². The van der Waals surface area contributed by atoms with Gasteiger partial charge in [-0.3, -0.25) is 0 Å². The maximum atomic E-state index is 13.4. The summed E-state index contributed by atoms with van der Waals surface area (Å²) in [6, 6.07) is 8.55. The van der Waals surface area contributed by atoms with E-state index in [9.17, 15) is 4.39 Å². The number of benzene rings is 2. The first-order chi connectivity index (χ1) is 9.88. The lowest BCUT2D eigenvalue weighted by molar-refractivity contribution is 0.301. The molecule has 2 rings (SSSR count). The Morgan fingerprint density at radius 1 is 1.24 bits per heavy atom. The second kappa shape index (κ2) is 6.35. The minimum absolute atomic E-state index is 0.116. The number of hydrogen-bond donors (Lipinski definition) is 1. The van der Waals surface area contributed by atoms with Gasteiger partial charge in [0.1, 0.15) is 18.2 Å². The molecule has 0 aliphatic heterocycles. The van der Waals surface area contributed by atoms with Crippen LogP contribution < -0.4 is 10.5 Å². The van der Waals surface area contributed by atoms with Crippen molar-refractivity contribution in [1.29, 1.82) is 0 Å². The van der Waals surface area contributed by atoms with Crippen molar-refractivity contribution in [3.8, 4) is 5.75 Å². The van der Waals surface area contributed by atoms with Gasteiger partial charge in [-0.15, -0.1) is 0 Å². The van der Waals surface area contributed by atoms with Crippen molar-refractivity contribution in [3.63, 3.8) is 0 Å². The van der Waals surface area contributed by atoms with Crippen molar-refractivity contribution >= 4 is 17.3 Å². The zero-order valence-electron chi connectivity index (χ0n) is 12.4. The summed E-state index contributed by atoms with van der Waals surface area (Å²) in [6.07, 6.45) is 0. The third-order valence-electron chi connectivity index (χ3n) is 3.40. The molecule has 0 unspecified atom stereocenters. The van der Waals surface area contributed by atoms with Crippen LogP contribution in [-0.2, 0) is 6.61 Å². The second-order valence-corrected chi connectivity index (χ2v) is 5.85. The smallest absolute Gasteiger partial charge is 0.142 e. The first-order valence-corrected chi connectivity index (χ1v) is 7.23. The van der Waals surface area contributed by atoms with E-state index in [0.29, 0.717) is 5.92 Å². The Morgan fingerprint density at radius 3 is 2.57 bits per heavy atom. The molecule has 0 saturated heterocycles. The first-order valence-electron chi connectivity index (χ1n) is 6.85. The van der Waals surface area contributed by atoms with E-state index in [0.717, 1.165) is 28.1 Å². The van der Waals surface area contributed by atoms with Gasteiger partial charge in [0, 0.05) is 5.69 Å². The van der Waals surface area contributed by atoms with Crippen LogP contribution in [0.1, 0.15) is 36.5 Å². The standard InChI is InChI=1S/C17H19ClFNO/c1-10(2)13-8-16(20)11(3)6-17(13)21-9-12-4-5-14(18)15(19)7-12/h4-8,10H,9,20H2,1-3H3. The Kier molecular flexibility index (Phi) is 4.73. The molecular weight excluding hydrogens is 289 g/mol. The predicted octanol–water partition coefficient (Wildman–Crippen LogP) is 5.07. The largest absolute Gasteiger partial charge is 0.489 e. The molecule has 0 aliphatic rings. The number of hydrogen-bond acceptors (Lipinski definition) is 2. The zero-order chi connectivity index (χ0) is 15.6. The maximum Gasteiger partial charge on any atom is 0.142 e. The van der Waals surface area contributed by atoms with Gasteiger partial charge in [0.15, 0.2) is 0 Å². The molecule has 0 saturated carbocycles. The van der Waals surface area contributed by atoms with Gasteiger partial charge in [-0.25, -0.2) is 4.39 Å². The molecule has 21 heavy (non-hydrogen) atoms. The van der Waals surface area contributed by atoms with Gasteiger partial charge in [-0.05, 0) is 53.8 Å². The molecular formula is C17H19ClFNO. The van der Waals surface area contributed by atoms with Crippen LogP contribution in [0.2, 0.25) is 5.02 Å². The SMILES string of the molecule is Cc1cc(OCc2ccc(Cl)c(F)c2)c(C(C)C)cc1N. The topological polar surface area (TPSA) is 35.2 Å². The molecule has 0 atom stereocenters. The summed E-state index contributed by atoms with van der Waals surface area (Å²) in [5, 5.41) is 0.116. The third kappa shape index (κ3) is 3.67. The van der Waals surface area contributed by atoms with Gasteiger partial charge in [0.25, 0.3) is 0 Å². The summed E-state index contributed by atoms with van der Waals surface area (Å²) in [4.78, 5) is 0. The minimum Gasteiger partial charge on any atom is -0.489 e. The van der Waals surface area contributed by atoms with E-state index in [1.54, 1.807) is 6.07 Å². The van der Waals surface area contributed by atoms with Gasteiger partial charge >= 0.3 is 0 Å². The quantitative estimate of drug-likeness (QED) is 0.800. The van der Waals surface area contributed by atoms with Crippen molar-refractivity contribution < 1.29 is 9.13 Å². The van der Waals surface area contributed by atoms with Crippen LogP contribution in [0, 0.1) is 12.7 Å². The molecule has 0 heterocycles. The molecule has 0 amide bonds. The molecule has 112 valence electrons. The molecule has 0 radical (unpaired) electrons. The van der Waals surface area contributed by atoms with Crippen LogP contribution >= 0.6 is 11.6 Å². The van der Waals surface area contributed by atoms with Gasteiger partial charge in [0.2, 0.25) is 0 Å². The van der Waals surface area contributed by atoms with Gasteiger partial charge in [0.05, 0.1) is 5.02 Å². The lowest BCUT2D eigenvalue weighted by atomic mass is 9.99. The summed E-state index contributed by atoms with van der Waals surface area (Å²) >= 11 is 5.67. The fraction of sp³-hybridized carbons (Fsp3) is 0.294. The van der Waals surface area contributed by atoms with E-state index in [-0.39, 0.29) is 11.6 Å². The average molecular weight is 308 g/mol. The molecule has 4 heteroatoms. The number of anilines is 1. The summed E-state index contributed by atoms with van der Waals surface area (Å²) in [5.74, 6) is 0.646. The van der Waals surface area contributed by atoms with Gasteiger partial charge in [-0.2, -0.15) is 0 Å². The highest BCUT2D eigenvalue weighted by atomic mass is 35.5. The first kappa shape index (κ1) is 15.6. The normalized spacial score (nSPS) is 11.0. The summed E-state index contributed by atoms with van der Waals surface area (Å²) in [5.41, 5.74) is 9.46. The summed E-state index contributed by atoms with van der Waals surface area (Å²) in [7, 11) is 0. The van der Waals surface area contributed by atoms with Crippen molar-refractivity contribution in [1.82, 2.24) is 0 Å². The number of aryl methyl sites for hydroxylation is 1. The predicted molar refractivity (Wildman–Crippen MR) is 85.4 cm³/mol.